The molecule has 6 nitrogen and oxygen atoms in total. The van der Waals surface area contributed by atoms with E-state index in [-0.39, 0.29) is 36.3 Å². The van der Waals surface area contributed by atoms with Gasteiger partial charge in [-0.3, -0.25) is 4.79 Å². The second-order valence-corrected chi connectivity index (χ2v) is 6.75. The summed E-state index contributed by atoms with van der Waals surface area (Å²) in [4.78, 5) is 30.3. The fourth-order valence-electron chi connectivity index (χ4n) is 3.32. The largest absolute Gasteiger partial charge is 0.489 e. The van der Waals surface area contributed by atoms with Crippen LogP contribution in [0.1, 0.15) is 46.2 Å². The smallest absolute Gasteiger partial charge is 0.416 e. The SMILES string of the molecule is CCOC(=O)c1ncccc1OC[C@H]1CCCN1C(=O)c1cccc(C(F)(F)F)c1. The molecule has 1 amide bonds. The normalized spacial score (nSPS) is 16.4. The van der Waals surface area contributed by atoms with Gasteiger partial charge in [0.25, 0.3) is 5.91 Å². The number of likely N-dealkylation sites (tertiary alicyclic amines) is 1. The van der Waals surface area contributed by atoms with Crippen LogP contribution in [0.5, 0.6) is 5.75 Å². The van der Waals surface area contributed by atoms with Crippen molar-refractivity contribution in [2.24, 2.45) is 0 Å². The van der Waals surface area contributed by atoms with E-state index in [1.165, 1.54) is 23.2 Å². The van der Waals surface area contributed by atoms with Gasteiger partial charge in [0.1, 0.15) is 6.61 Å². The summed E-state index contributed by atoms with van der Waals surface area (Å²) in [6, 6.07) is 7.24. The number of rotatable bonds is 6. The molecule has 0 radical (unpaired) electrons. The molecule has 1 atom stereocenters. The van der Waals surface area contributed by atoms with E-state index in [1.54, 1.807) is 19.1 Å². The topological polar surface area (TPSA) is 68.7 Å². The maximum atomic E-state index is 13.0. The van der Waals surface area contributed by atoms with E-state index in [0.717, 1.165) is 12.1 Å². The maximum absolute atomic E-state index is 13.0. The Morgan fingerprint density at radius 3 is 2.77 bits per heavy atom. The maximum Gasteiger partial charge on any atom is 0.416 e. The number of ether oxygens (including phenoxy) is 2. The number of hydrogen-bond donors (Lipinski definition) is 0. The van der Waals surface area contributed by atoms with Gasteiger partial charge < -0.3 is 14.4 Å². The summed E-state index contributed by atoms with van der Waals surface area (Å²) in [6.45, 7) is 2.37. The van der Waals surface area contributed by atoms with Crippen molar-refractivity contribution in [2.75, 3.05) is 19.8 Å². The third-order valence-electron chi connectivity index (χ3n) is 4.75. The van der Waals surface area contributed by atoms with Crippen LogP contribution in [0.3, 0.4) is 0 Å². The first-order valence-corrected chi connectivity index (χ1v) is 9.54. The lowest BCUT2D eigenvalue weighted by atomic mass is 10.1. The highest BCUT2D eigenvalue weighted by Crippen LogP contribution is 2.30. The van der Waals surface area contributed by atoms with Crippen molar-refractivity contribution in [2.45, 2.75) is 32.0 Å². The van der Waals surface area contributed by atoms with Crippen molar-refractivity contribution < 1.29 is 32.2 Å². The molecular weight excluding hydrogens is 401 g/mol. The van der Waals surface area contributed by atoms with Gasteiger partial charge in [-0.15, -0.1) is 0 Å². The first kappa shape index (κ1) is 21.6. The molecule has 1 aliphatic rings. The molecular formula is C21H21F3N2O4. The van der Waals surface area contributed by atoms with Gasteiger partial charge in [-0.05, 0) is 50.1 Å². The van der Waals surface area contributed by atoms with Crippen molar-refractivity contribution in [3.05, 3.63) is 59.4 Å². The van der Waals surface area contributed by atoms with Crippen LogP contribution >= 0.6 is 0 Å². The fraction of sp³-hybridized carbons (Fsp3) is 0.381. The molecule has 0 unspecified atom stereocenters. The van der Waals surface area contributed by atoms with Crippen molar-refractivity contribution in [1.82, 2.24) is 9.88 Å². The zero-order valence-electron chi connectivity index (χ0n) is 16.3. The number of hydrogen-bond acceptors (Lipinski definition) is 5. The molecule has 0 spiro atoms. The molecule has 9 heteroatoms. The number of pyridine rings is 1. The molecule has 1 aromatic carbocycles. The van der Waals surface area contributed by atoms with Crippen LogP contribution in [0.25, 0.3) is 0 Å². The molecule has 160 valence electrons. The van der Waals surface area contributed by atoms with Gasteiger partial charge in [0.05, 0.1) is 18.2 Å². The minimum atomic E-state index is -4.52. The first-order chi connectivity index (χ1) is 14.3. The van der Waals surface area contributed by atoms with E-state index in [2.05, 4.69) is 4.98 Å². The number of amides is 1. The third kappa shape index (κ3) is 4.90. The van der Waals surface area contributed by atoms with Crippen molar-refractivity contribution in [1.29, 1.82) is 0 Å². The number of benzene rings is 1. The standard InChI is InChI=1S/C21H21F3N2O4/c1-2-29-20(28)18-17(9-4-10-25-18)30-13-16-8-5-11-26(16)19(27)14-6-3-7-15(12-14)21(22,23)24/h3-4,6-7,9-10,12,16H,2,5,8,11,13H2,1H3/t16-/m1/s1. The summed E-state index contributed by atoms with van der Waals surface area (Å²) in [5.74, 6) is -0.866. The van der Waals surface area contributed by atoms with E-state index < -0.39 is 23.6 Å². The molecule has 2 heterocycles. The number of esters is 1. The van der Waals surface area contributed by atoms with E-state index in [1.807, 2.05) is 0 Å². The zero-order chi connectivity index (χ0) is 21.7. The molecule has 1 saturated heterocycles. The fourth-order valence-corrected chi connectivity index (χ4v) is 3.32. The zero-order valence-corrected chi connectivity index (χ0v) is 16.3. The molecule has 1 aliphatic heterocycles. The molecule has 2 aromatic rings. The number of nitrogens with zero attached hydrogens (tertiary/aromatic N) is 2. The number of carbonyl (C=O) groups excluding carboxylic acids is 2. The molecule has 0 bridgehead atoms. The Balaban J connectivity index is 1.72. The number of aromatic nitrogens is 1. The van der Waals surface area contributed by atoms with Gasteiger partial charge in [0.15, 0.2) is 11.4 Å². The number of alkyl halides is 3. The van der Waals surface area contributed by atoms with E-state index in [0.29, 0.717) is 19.4 Å². The van der Waals surface area contributed by atoms with Crippen LogP contribution in [0, 0.1) is 0 Å². The monoisotopic (exact) mass is 422 g/mol. The van der Waals surface area contributed by atoms with Crippen LogP contribution in [0.15, 0.2) is 42.6 Å². The Bertz CT molecular complexity index is 917. The lowest BCUT2D eigenvalue weighted by Gasteiger charge is -2.25. The predicted octanol–water partition coefficient (Wildman–Crippen LogP) is 3.96. The van der Waals surface area contributed by atoms with E-state index in [4.69, 9.17) is 9.47 Å². The summed E-state index contributed by atoms with van der Waals surface area (Å²) in [7, 11) is 0. The van der Waals surface area contributed by atoms with Gasteiger partial charge in [-0.25, -0.2) is 9.78 Å². The highest BCUT2D eigenvalue weighted by molar-refractivity contribution is 5.95. The summed E-state index contributed by atoms with van der Waals surface area (Å²) in [5.41, 5.74) is -0.854. The van der Waals surface area contributed by atoms with E-state index in [9.17, 15) is 22.8 Å². The Morgan fingerprint density at radius 2 is 2.03 bits per heavy atom. The summed E-state index contributed by atoms with van der Waals surface area (Å²) < 4.78 is 49.6. The van der Waals surface area contributed by atoms with Crippen LogP contribution in [-0.2, 0) is 10.9 Å². The second-order valence-electron chi connectivity index (χ2n) is 6.75. The molecule has 3 rings (SSSR count). The van der Waals surface area contributed by atoms with Crippen LogP contribution in [0.4, 0.5) is 13.2 Å². The van der Waals surface area contributed by atoms with Crippen LogP contribution < -0.4 is 4.74 Å². The average molecular weight is 422 g/mol. The summed E-state index contributed by atoms with van der Waals surface area (Å²) in [5, 5.41) is 0. The first-order valence-electron chi connectivity index (χ1n) is 9.54. The Hall–Kier alpha value is -3.10. The van der Waals surface area contributed by atoms with Gasteiger partial charge in [0.2, 0.25) is 0 Å². The number of halogens is 3. The lowest BCUT2D eigenvalue weighted by molar-refractivity contribution is -0.137. The second kappa shape index (κ2) is 9.15. The highest BCUT2D eigenvalue weighted by atomic mass is 19.4. The quantitative estimate of drug-likeness (QED) is 0.660. The summed E-state index contributed by atoms with van der Waals surface area (Å²) in [6.07, 6.45) is -1.73. The Kier molecular flexibility index (Phi) is 6.59. The molecule has 0 aliphatic carbocycles. The van der Waals surface area contributed by atoms with Gasteiger partial charge in [0, 0.05) is 18.3 Å². The van der Waals surface area contributed by atoms with Gasteiger partial charge in [-0.2, -0.15) is 13.2 Å². The average Bonchev–Trinajstić information content (AvgIpc) is 3.20. The molecule has 0 saturated carbocycles. The minimum absolute atomic E-state index is 0.0229. The molecule has 1 aromatic heterocycles. The van der Waals surface area contributed by atoms with Crippen molar-refractivity contribution in [3.63, 3.8) is 0 Å². The predicted molar refractivity (Wildman–Crippen MR) is 101 cm³/mol. The molecule has 0 N–H and O–H groups in total. The van der Waals surface area contributed by atoms with Gasteiger partial charge >= 0.3 is 12.1 Å². The molecule has 1 fully saturated rings. The third-order valence-corrected chi connectivity index (χ3v) is 4.75. The van der Waals surface area contributed by atoms with Gasteiger partial charge in [-0.1, -0.05) is 6.07 Å². The van der Waals surface area contributed by atoms with Crippen molar-refractivity contribution in [3.8, 4) is 5.75 Å². The number of carbonyl (C=O) groups is 2. The van der Waals surface area contributed by atoms with E-state index >= 15 is 0 Å². The summed E-state index contributed by atoms with van der Waals surface area (Å²) >= 11 is 0. The Labute approximate surface area is 171 Å². The molecule has 30 heavy (non-hydrogen) atoms. The van der Waals surface area contributed by atoms with Crippen LogP contribution in [0.2, 0.25) is 0 Å². The van der Waals surface area contributed by atoms with Crippen LogP contribution in [-0.4, -0.2) is 47.6 Å². The van der Waals surface area contributed by atoms with Crippen molar-refractivity contribution >= 4 is 11.9 Å². The Morgan fingerprint density at radius 1 is 1.23 bits per heavy atom. The lowest BCUT2D eigenvalue weighted by Crippen LogP contribution is -2.39. The highest BCUT2D eigenvalue weighted by Gasteiger charge is 2.34. The minimum Gasteiger partial charge on any atom is -0.489 e.